The van der Waals surface area contributed by atoms with E-state index in [0.717, 1.165) is 17.1 Å². The fourth-order valence-corrected chi connectivity index (χ4v) is 1.45. The van der Waals surface area contributed by atoms with Gasteiger partial charge in [-0.15, -0.1) is 0 Å². The molecule has 0 atom stereocenters. The zero-order chi connectivity index (χ0) is 13.4. The molecule has 0 unspecified atom stereocenters. The normalized spacial score (nSPS) is 10.9. The standard InChI is InChI=1S/C14H19NO3/c1-4-17-13-8-6-7-12(10-13)15-11(3)9-14(16)18-5-2/h6-10,15H,4-5H2,1-3H3/b11-9-. The molecule has 1 rings (SSSR count). The first-order valence-electron chi connectivity index (χ1n) is 6.00. The quantitative estimate of drug-likeness (QED) is 0.622. The lowest BCUT2D eigenvalue weighted by Crippen LogP contribution is -2.04. The van der Waals surface area contributed by atoms with Crippen molar-refractivity contribution in [1.29, 1.82) is 0 Å². The van der Waals surface area contributed by atoms with Crippen LogP contribution in [0.25, 0.3) is 0 Å². The van der Waals surface area contributed by atoms with Gasteiger partial charge >= 0.3 is 5.97 Å². The molecular formula is C14H19NO3. The van der Waals surface area contributed by atoms with Gasteiger partial charge in [-0.25, -0.2) is 4.79 Å². The van der Waals surface area contributed by atoms with Crippen LogP contribution in [0.5, 0.6) is 5.75 Å². The van der Waals surface area contributed by atoms with Crippen molar-refractivity contribution in [2.24, 2.45) is 0 Å². The lowest BCUT2D eigenvalue weighted by atomic mass is 10.3. The summed E-state index contributed by atoms with van der Waals surface area (Å²) < 4.78 is 10.2. The molecule has 1 aromatic rings. The minimum absolute atomic E-state index is 0.344. The molecule has 0 radical (unpaired) electrons. The molecule has 0 amide bonds. The number of hydrogen-bond donors (Lipinski definition) is 1. The Morgan fingerprint density at radius 1 is 1.33 bits per heavy atom. The highest BCUT2D eigenvalue weighted by Gasteiger charge is 2.00. The molecule has 98 valence electrons. The van der Waals surface area contributed by atoms with Crippen molar-refractivity contribution >= 4 is 11.7 Å². The third-order valence-electron chi connectivity index (χ3n) is 2.11. The number of allylic oxidation sites excluding steroid dienone is 1. The first-order valence-corrected chi connectivity index (χ1v) is 6.00. The van der Waals surface area contributed by atoms with E-state index >= 15 is 0 Å². The highest BCUT2D eigenvalue weighted by atomic mass is 16.5. The molecule has 1 N–H and O–H groups in total. The Kier molecular flexibility index (Phi) is 5.77. The van der Waals surface area contributed by atoms with E-state index in [1.165, 1.54) is 6.08 Å². The summed E-state index contributed by atoms with van der Waals surface area (Å²) in [5.74, 6) is 0.454. The number of rotatable bonds is 6. The number of nitrogens with one attached hydrogen (secondary N) is 1. The van der Waals surface area contributed by atoms with Crippen LogP contribution in [0.2, 0.25) is 0 Å². The van der Waals surface area contributed by atoms with E-state index in [-0.39, 0.29) is 5.97 Å². The highest BCUT2D eigenvalue weighted by Crippen LogP contribution is 2.18. The fourth-order valence-electron chi connectivity index (χ4n) is 1.45. The number of benzene rings is 1. The van der Waals surface area contributed by atoms with Crippen molar-refractivity contribution in [3.8, 4) is 5.75 Å². The number of ether oxygens (including phenoxy) is 2. The number of esters is 1. The van der Waals surface area contributed by atoms with E-state index < -0.39 is 0 Å². The third-order valence-corrected chi connectivity index (χ3v) is 2.11. The van der Waals surface area contributed by atoms with Gasteiger partial charge in [0, 0.05) is 23.5 Å². The summed E-state index contributed by atoms with van der Waals surface area (Å²) in [7, 11) is 0. The highest BCUT2D eigenvalue weighted by molar-refractivity contribution is 5.83. The minimum atomic E-state index is -0.344. The molecule has 0 aliphatic rings. The van der Waals surface area contributed by atoms with Crippen LogP contribution in [-0.2, 0) is 9.53 Å². The minimum Gasteiger partial charge on any atom is -0.494 e. The smallest absolute Gasteiger partial charge is 0.332 e. The zero-order valence-electron chi connectivity index (χ0n) is 11.0. The van der Waals surface area contributed by atoms with Crippen LogP contribution in [0.1, 0.15) is 20.8 Å². The molecular weight excluding hydrogens is 230 g/mol. The second kappa shape index (κ2) is 7.37. The van der Waals surface area contributed by atoms with E-state index in [1.807, 2.05) is 38.1 Å². The maximum atomic E-state index is 11.2. The molecule has 0 saturated carbocycles. The first-order chi connectivity index (χ1) is 8.65. The van der Waals surface area contributed by atoms with Crippen molar-refractivity contribution in [3.05, 3.63) is 36.0 Å². The average molecular weight is 249 g/mol. The van der Waals surface area contributed by atoms with Gasteiger partial charge in [0.05, 0.1) is 13.2 Å². The van der Waals surface area contributed by atoms with Crippen LogP contribution in [0, 0.1) is 0 Å². The second-order valence-electron chi connectivity index (χ2n) is 3.67. The van der Waals surface area contributed by atoms with Crippen LogP contribution in [0.3, 0.4) is 0 Å². The molecule has 0 bridgehead atoms. The summed E-state index contributed by atoms with van der Waals surface area (Å²) in [4.78, 5) is 11.2. The van der Waals surface area contributed by atoms with Gasteiger partial charge in [0.1, 0.15) is 5.75 Å². The van der Waals surface area contributed by atoms with Gasteiger partial charge in [-0.3, -0.25) is 0 Å². The SMILES string of the molecule is CCOC(=O)/C=C(/C)Nc1cccc(OCC)c1. The van der Waals surface area contributed by atoms with Crippen molar-refractivity contribution in [1.82, 2.24) is 0 Å². The maximum Gasteiger partial charge on any atom is 0.332 e. The molecule has 0 fully saturated rings. The van der Waals surface area contributed by atoms with Gasteiger partial charge in [0.25, 0.3) is 0 Å². The molecule has 0 aromatic heterocycles. The lowest BCUT2D eigenvalue weighted by molar-refractivity contribution is -0.137. The average Bonchev–Trinajstić information content (AvgIpc) is 2.29. The monoisotopic (exact) mass is 249 g/mol. The Bertz CT molecular complexity index is 427. The Labute approximate surface area is 108 Å². The van der Waals surface area contributed by atoms with E-state index in [1.54, 1.807) is 6.92 Å². The van der Waals surface area contributed by atoms with Crippen molar-refractivity contribution < 1.29 is 14.3 Å². The van der Waals surface area contributed by atoms with Gasteiger partial charge < -0.3 is 14.8 Å². The zero-order valence-corrected chi connectivity index (χ0v) is 11.0. The maximum absolute atomic E-state index is 11.2. The summed E-state index contributed by atoms with van der Waals surface area (Å²) in [5.41, 5.74) is 1.60. The molecule has 18 heavy (non-hydrogen) atoms. The molecule has 0 spiro atoms. The Hall–Kier alpha value is -1.97. The van der Waals surface area contributed by atoms with Crippen LogP contribution in [-0.4, -0.2) is 19.2 Å². The number of carbonyl (C=O) groups is 1. The molecule has 0 aliphatic carbocycles. The summed E-state index contributed by atoms with van der Waals surface area (Å²) >= 11 is 0. The largest absolute Gasteiger partial charge is 0.494 e. The molecule has 0 heterocycles. The topological polar surface area (TPSA) is 47.6 Å². The molecule has 1 aromatic carbocycles. The van der Waals surface area contributed by atoms with Crippen LogP contribution < -0.4 is 10.1 Å². The molecule has 0 aliphatic heterocycles. The number of anilines is 1. The number of carbonyl (C=O) groups excluding carboxylic acids is 1. The summed E-state index contributed by atoms with van der Waals surface area (Å²) in [6.45, 7) is 6.53. The third kappa shape index (κ3) is 4.91. The predicted molar refractivity (Wildman–Crippen MR) is 71.6 cm³/mol. The summed E-state index contributed by atoms with van der Waals surface area (Å²) in [6.07, 6.45) is 1.43. The van der Waals surface area contributed by atoms with Crippen molar-refractivity contribution in [3.63, 3.8) is 0 Å². The van der Waals surface area contributed by atoms with Gasteiger partial charge in [0.2, 0.25) is 0 Å². The van der Waals surface area contributed by atoms with Crippen LogP contribution >= 0.6 is 0 Å². The fraction of sp³-hybridized carbons (Fsp3) is 0.357. The Morgan fingerprint density at radius 2 is 2.11 bits per heavy atom. The van der Waals surface area contributed by atoms with Gasteiger partial charge in [0.15, 0.2) is 0 Å². The van der Waals surface area contributed by atoms with E-state index in [4.69, 9.17) is 9.47 Å². The second-order valence-corrected chi connectivity index (χ2v) is 3.67. The van der Waals surface area contributed by atoms with Gasteiger partial charge in [-0.1, -0.05) is 6.07 Å². The predicted octanol–water partition coefficient (Wildman–Crippen LogP) is 2.96. The van der Waals surface area contributed by atoms with Gasteiger partial charge in [-0.05, 0) is 32.9 Å². The molecule has 4 heteroatoms. The Balaban J connectivity index is 2.66. The number of hydrogen-bond acceptors (Lipinski definition) is 4. The van der Waals surface area contributed by atoms with E-state index in [2.05, 4.69) is 5.32 Å². The van der Waals surface area contributed by atoms with E-state index in [9.17, 15) is 4.79 Å². The summed E-state index contributed by atoms with van der Waals surface area (Å²) in [6, 6.07) is 7.57. The molecule has 4 nitrogen and oxygen atoms in total. The Morgan fingerprint density at radius 3 is 2.78 bits per heavy atom. The van der Waals surface area contributed by atoms with Crippen molar-refractivity contribution in [2.45, 2.75) is 20.8 Å². The van der Waals surface area contributed by atoms with Crippen molar-refractivity contribution in [2.75, 3.05) is 18.5 Å². The first kappa shape index (κ1) is 14.1. The molecule has 0 saturated heterocycles. The van der Waals surface area contributed by atoms with Gasteiger partial charge in [-0.2, -0.15) is 0 Å². The lowest BCUT2D eigenvalue weighted by Gasteiger charge is -2.09. The van der Waals surface area contributed by atoms with Crippen LogP contribution in [0.4, 0.5) is 5.69 Å². The van der Waals surface area contributed by atoms with Crippen LogP contribution in [0.15, 0.2) is 36.0 Å². The van der Waals surface area contributed by atoms with E-state index in [0.29, 0.717) is 13.2 Å². The summed E-state index contributed by atoms with van der Waals surface area (Å²) in [5, 5.41) is 3.11.